The lowest BCUT2D eigenvalue weighted by Gasteiger charge is -2.22. The van der Waals surface area contributed by atoms with Gasteiger partial charge in [-0.15, -0.1) is 0 Å². The Kier molecular flexibility index (Phi) is 13.4. The summed E-state index contributed by atoms with van der Waals surface area (Å²) in [6.45, 7) is 16.2. The van der Waals surface area contributed by atoms with Gasteiger partial charge in [0.05, 0.1) is 12.6 Å². The Morgan fingerprint density at radius 2 is 1.83 bits per heavy atom. The van der Waals surface area contributed by atoms with Crippen molar-refractivity contribution >= 4 is 18.2 Å². The summed E-state index contributed by atoms with van der Waals surface area (Å²) in [4.78, 5) is 33.3. The van der Waals surface area contributed by atoms with Crippen LogP contribution in [0.1, 0.15) is 41.5 Å². The Balaban J connectivity index is 0. The molecule has 30 heavy (non-hydrogen) atoms. The van der Waals surface area contributed by atoms with Crippen molar-refractivity contribution < 1.29 is 27.6 Å². The van der Waals surface area contributed by atoms with Crippen molar-refractivity contribution in [2.24, 2.45) is 17.3 Å². The van der Waals surface area contributed by atoms with Gasteiger partial charge in [-0.25, -0.2) is 0 Å². The van der Waals surface area contributed by atoms with Gasteiger partial charge < -0.3 is 15.5 Å². The molecule has 3 amide bonds. The van der Waals surface area contributed by atoms with Gasteiger partial charge in [0.1, 0.15) is 6.04 Å². The van der Waals surface area contributed by atoms with Gasteiger partial charge in [-0.2, -0.15) is 18.4 Å². The lowest BCUT2D eigenvalue weighted by Crippen LogP contribution is -2.44. The van der Waals surface area contributed by atoms with Crippen LogP contribution < -0.4 is 10.6 Å². The monoisotopic (exact) mass is 434 g/mol. The standard InChI is InChI=1S/C11H17F3N2O2.C5H6N2O.C4H10/c1-7-5-16(6-10(7,2)3)8(17)4-15-9(18)11(12,13)14;1-2-5(3-6)7-4-8;1-4(2)3/h7H,4-6H2,1-3H3,(H,15,18);2,4-5H,1H2,(H,7,8);4H,1-3H3/t7-;;/m0../s1. The van der Waals surface area contributed by atoms with Gasteiger partial charge in [-0.1, -0.05) is 54.2 Å². The number of nitriles is 1. The van der Waals surface area contributed by atoms with Crippen LogP contribution in [0.15, 0.2) is 12.7 Å². The number of amides is 3. The maximum absolute atomic E-state index is 11.9. The minimum Gasteiger partial charge on any atom is -0.340 e. The van der Waals surface area contributed by atoms with Crippen molar-refractivity contribution in [2.75, 3.05) is 19.6 Å². The third-order valence-electron chi connectivity index (χ3n) is 4.06. The van der Waals surface area contributed by atoms with E-state index in [1.54, 1.807) is 11.4 Å². The molecule has 1 unspecified atom stereocenters. The van der Waals surface area contributed by atoms with Gasteiger partial charge in [-0.05, 0) is 17.3 Å². The van der Waals surface area contributed by atoms with Crippen LogP contribution in [0.2, 0.25) is 0 Å². The zero-order chi connectivity index (χ0) is 24.1. The van der Waals surface area contributed by atoms with E-state index in [9.17, 15) is 27.6 Å². The molecule has 1 saturated heterocycles. The van der Waals surface area contributed by atoms with Gasteiger partial charge in [-0.3, -0.25) is 14.4 Å². The fourth-order valence-corrected chi connectivity index (χ4v) is 2.08. The van der Waals surface area contributed by atoms with Gasteiger partial charge >= 0.3 is 12.1 Å². The molecule has 1 rings (SSSR count). The zero-order valence-electron chi connectivity index (χ0n) is 18.5. The Morgan fingerprint density at radius 3 is 2.10 bits per heavy atom. The summed E-state index contributed by atoms with van der Waals surface area (Å²) in [6.07, 6.45) is -3.12. The number of halogens is 3. The number of carbonyl (C=O) groups is 3. The molecule has 2 atom stereocenters. The molecule has 1 aliphatic heterocycles. The van der Waals surface area contributed by atoms with Gasteiger partial charge in [0, 0.05) is 13.1 Å². The molecule has 1 aliphatic rings. The number of rotatable bonds is 5. The first-order valence-electron chi connectivity index (χ1n) is 9.47. The number of hydrogen-bond acceptors (Lipinski definition) is 4. The van der Waals surface area contributed by atoms with Gasteiger partial charge in [0.2, 0.25) is 12.3 Å². The molecule has 2 N–H and O–H groups in total. The SMILES string of the molecule is C=CC(C#N)NC=O.CC(C)C.C[C@H]1CN(C(=O)CNC(=O)C(F)(F)F)CC1(C)C. The molecule has 172 valence electrons. The van der Waals surface area contributed by atoms with Crippen molar-refractivity contribution in [3.63, 3.8) is 0 Å². The maximum Gasteiger partial charge on any atom is 0.471 e. The summed E-state index contributed by atoms with van der Waals surface area (Å²) < 4.78 is 35.8. The second-order valence-corrected chi connectivity index (χ2v) is 8.20. The highest BCUT2D eigenvalue weighted by Crippen LogP contribution is 2.34. The average Bonchev–Trinajstić information content (AvgIpc) is 2.89. The first kappa shape index (κ1) is 29.6. The number of likely N-dealkylation sites (tertiary alicyclic amines) is 1. The average molecular weight is 435 g/mol. The maximum atomic E-state index is 11.9. The van der Waals surface area contributed by atoms with E-state index in [4.69, 9.17) is 5.26 Å². The summed E-state index contributed by atoms with van der Waals surface area (Å²) in [5.41, 5.74) is -0.0519. The van der Waals surface area contributed by atoms with Crippen LogP contribution in [0.3, 0.4) is 0 Å². The number of hydrogen-bond donors (Lipinski definition) is 2. The van der Waals surface area contributed by atoms with Crippen LogP contribution >= 0.6 is 0 Å². The predicted molar refractivity (Wildman–Crippen MR) is 108 cm³/mol. The van der Waals surface area contributed by atoms with Crippen LogP contribution in [0.5, 0.6) is 0 Å². The van der Waals surface area contributed by atoms with Crippen LogP contribution in [-0.2, 0) is 14.4 Å². The summed E-state index contributed by atoms with van der Waals surface area (Å²) in [7, 11) is 0. The smallest absolute Gasteiger partial charge is 0.340 e. The first-order valence-corrected chi connectivity index (χ1v) is 9.47. The Morgan fingerprint density at radius 1 is 1.33 bits per heavy atom. The molecule has 0 aromatic heterocycles. The third-order valence-corrected chi connectivity index (χ3v) is 4.06. The second kappa shape index (κ2) is 13.6. The molecule has 1 heterocycles. The topological polar surface area (TPSA) is 102 Å². The van der Waals surface area contributed by atoms with E-state index in [1.807, 2.05) is 20.8 Å². The summed E-state index contributed by atoms with van der Waals surface area (Å²) in [5, 5.41) is 11.9. The van der Waals surface area contributed by atoms with Crippen molar-refractivity contribution in [1.82, 2.24) is 15.5 Å². The highest BCUT2D eigenvalue weighted by molar-refractivity contribution is 5.87. The lowest BCUT2D eigenvalue weighted by atomic mass is 9.84. The molecular weight excluding hydrogens is 401 g/mol. The van der Waals surface area contributed by atoms with Crippen molar-refractivity contribution in [3.05, 3.63) is 12.7 Å². The van der Waals surface area contributed by atoms with E-state index in [2.05, 4.69) is 32.7 Å². The fraction of sp³-hybridized carbons (Fsp3) is 0.700. The van der Waals surface area contributed by atoms with Crippen molar-refractivity contribution in [3.8, 4) is 6.07 Å². The van der Waals surface area contributed by atoms with E-state index in [1.165, 1.54) is 11.0 Å². The lowest BCUT2D eigenvalue weighted by molar-refractivity contribution is -0.174. The predicted octanol–water partition coefficient (Wildman–Crippen LogP) is 2.64. The van der Waals surface area contributed by atoms with E-state index in [-0.39, 0.29) is 11.3 Å². The Labute approximate surface area is 176 Å². The van der Waals surface area contributed by atoms with Crippen molar-refractivity contribution in [2.45, 2.75) is 53.8 Å². The number of alkyl halides is 3. The van der Waals surface area contributed by atoms with E-state index >= 15 is 0 Å². The normalized spacial score (nSPS) is 17.9. The number of nitrogens with one attached hydrogen (secondary N) is 2. The van der Waals surface area contributed by atoms with Crippen LogP contribution in [0.4, 0.5) is 13.2 Å². The largest absolute Gasteiger partial charge is 0.471 e. The minimum absolute atomic E-state index is 0.0519. The Hall–Kier alpha value is -2.57. The molecular formula is C20H33F3N4O3. The molecule has 0 aromatic rings. The highest BCUT2D eigenvalue weighted by Gasteiger charge is 2.41. The molecule has 0 saturated carbocycles. The molecule has 7 nitrogen and oxygen atoms in total. The molecule has 0 aliphatic carbocycles. The van der Waals surface area contributed by atoms with Gasteiger partial charge in [0.15, 0.2) is 0 Å². The molecule has 0 aromatic carbocycles. The van der Waals surface area contributed by atoms with Crippen molar-refractivity contribution in [1.29, 1.82) is 5.26 Å². The zero-order valence-corrected chi connectivity index (χ0v) is 18.5. The van der Waals surface area contributed by atoms with Crippen LogP contribution in [-0.4, -0.2) is 55.0 Å². The number of nitrogens with zero attached hydrogens (tertiary/aromatic N) is 2. The minimum atomic E-state index is -4.95. The summed E-state index contributed by atoms with van der Waals surface area (Å²) in [5.74, 6) is -1.45. The van der Waals surface area contributed by atoms with E-state index in [0.29, 0.717) is 19.5 Å². The Bertz CT molecular complexity index is 611. The summed E-state index contributed by atoms with van der Waals surface area (Å²) >= 11 is 0. The molecule has 0 radical (unpaired) electrons. The quantitative estimate of drug-likeness (QED) is 0.513. The fourth-order valence-electron chi connectivity index (χ4n) is 2.08. The van der Waals surface area contributed by atoms with E-state index in [0.717, 1.165) is 5.92 Å². The van der Waals surface area contributed by atoms with Crippen LogP contribution in [0.25, 0.3) is 0 Å². The third kappa shape index (κ3) is 12.8. The highest BCUT2D eigenvalue weighted by atomic mass is 19.4. The molecule has 0 bridgehead atoms. The summed E-state index contributed by atoms with van der Waals surface area (Å²) in [6, 6.07) is 1.24. The first-order chi connectivity index (χ1) is 13.6. The second-order valence-electron chi connectivity index (χ2n) is 8.20. The molecule has 1 fully saturated rings. The number of carbonyl (C=O) groups excluding carboxylic acids is 3. The van der Waals surface area contributed by atoms with Gasteiger partial charge in [0.25, 0.3) is 0 Å². The molecule has 10 heteroatoms. The molecule has 0 spiro atoms. The van der Waals surface area contributed by atoms with Crippen LogP contribution in [0, 0.1) is 28.6 Å². The van der Waals surface area contributed by atoms with E-state index < -0.39 is 30.6 Å².